The number of nitrogens with zero attached hydrogens (tertiary/aromatic N) is 5. The summed E-state index contributed by atoms with van der Waals surface area (Å²) >= 11 is 0. The predicted octanol–water partition coefficient (Wildman–Crippen LogP) is 2.90. The van der Waals surface area contributed by atoms with Crippen molar-refractivity contribution in [2.24, 2.45) is 0 Å². The quantitative estimate of drug-likeness (QED) is 0.0358. The number of rotatable bonds is 31. The molecule has 23 nitrogen and oxygen atoms in total. The minimum absolute atomic E-state index is 0.0357. The number of benzene rings is 2. The molecule has 73 heavy (non-hydrogen) atoms. The first-order chi connectivity index (χ1) is 35.3. The number of amides is 7. The lowest BCUT2D eigenvalue weighted by Crippen LogP contribution is -2.54. The van der Waals surface area contributed by atoms with Gasteiger partial charge in [-0.3, -0.25) is 43.8 Å². The Labute approximate surface area is 418 Å². The number of nitrogens with one attached hydrogen (secondary N) is 5. The van der Waals surface area contributed by atoms with Crippen LogP contribution in [0, 0.1) is 11.6 Å². The van der Waals surface area contributed by atoms with E-state index in [4.69, 9.17) is 28.4 Å². The van der Waals surface area contributed by atoms with Crippen molar-refractivity contribution in [2.45, 2.75) is 51.6 Å². The van der Waals surface area contributed by atoms with E-state index in [1.165, 1.54) is 12.1 Å². The summed E-state index contributed by atoms with van der Waals surface area (Å²) in [5.41, 5.74) is 0.247. The monoisotopic (exact) mass is 1020 g/mol. The van der Waals surface area contributed by atoms with Crippen molar-refractivity contribution in [3.05, 3.63) is 83.2 Å². The van der Waals surface area contributed by atoms with Crippen LogP contribution in [-0.4, -0.2) is 164 Å². The highest BCUT2D eigenvalue weighted by atomic mass is 19.1. The van der Waals surface area contributed by atoms with E-state index in [0.717, 1.165) is 11.0 Å². The largest absolute Gasteiger partial charge is 0.382 e. The summed E-state index contributed by atoms with van der Waals surface area (Å²) < 4.78 is 64.1. The number of halogens is 2. The molecule has 2 aliphatic rings. The van der Waals surface area contributed by atoms with E-state index in [-0.39, 0.29) is 68.4 Å². The number of aromatic nitrogens is 4. The van der Waals surface area contributed by atoms with Gasteiger partial charge in [-0.05, 0) is 50.6 Å². The molecule has 25 heteroatoms. The molecule has 4 heterocycles. The average Bonchev–Trinajstić information content (AvgIpc) is 3.96. The first kappa shape index (κ1) is 55.2. The molecule has 2 aliphatic heterocycles. The lowest BCUT2D eigenvalue weighted by atomic mass is 10.0. The third-order valence-corrected chi connectivity index (χ3v) is 11.0. The normalized spacial score (nSPS) is 14.4. The van der Waals surface area contributed by atoms with Crippen LogP contribution in [0.5, 0.6) is 0 Å². The molecule has 2 aromatic heterocycles. The first-order valence-electron chi connectivity index (χ1n) is 23.6. The van der Waals surface area contributed by atoms with Crippen LogP contribution in [0.15, 0.2) is 54.9 Å². The molecule has 1 atom stereocenters. The SMILES string of the molecule is CC(C)n1cnnc1-c1cccc(NC(=O)c2cc(NC(=O)CCC(=O)NCCOCCOCCOCCOCCOCCOCCNc3cccc4c3C(=O)N(C3CCC(=O)NC3=O)C4=O)c(F)cc2F)n1. The summed E-state index contributed by atoms with van der Waals surface area (Å²) in [6.07, 6.45) is 1.14. The molecule has 0 bridgehead atoms. The fourth-order valence-electron chi connectivity index (χ4n) is 7.35. The van der Waals surface area contributed by atoms with Gasteiger partial charge in [0.05, 0.1) is 102 Å². The number of anilines is 3. The van der Waals surface area contributed by atoms with Gasteiger partial charge in [-0.1, -0.05) is 12.1 Å². The Morgan fingerprint density at radius 1 is 0.726 bits per heavy atom. The zero-order valence-corrected chi connectivity index (χ0v) is 40.4. The Morgan fingerprint density at radius 2 is 1.34 bits per heavy atom. The van der Waals surface area contributed by atoms with Crippen LogP contribution in [0.1, 0.15) is 76.6 Å². The van der Waals surface area contributed by atoms with E-state index >= 15 is 0 Å². The van der Waals surface area contributed by atoms with E-state index < -0.39 is 70.3 Å². The molecule has 2 aromatic carbocycles. The number of hydrogen-bond acceptors (Lipinski definition) is 17. The highest BCUT2D eigenvalue weighted by Crippen LogP contribution is 2.32. The number of pyridine rings is 1. The minimum atomic E-state index is -1.16. The zero-order valence-electron chi connectivity index (χ0n) is 40.4. The zero-order chi connectivity index (χ0) is 52.1. The van der Waals surface area contributed by atoms with Crippen LogP contribution >= 0.6 is 0 Å². The van der Waals surface area contributed by atoms with Crippen LogP contribution in [0.2, 0.25) is 0 Å². The topological polar surface area (TPSA) is 282 Å². The Bertz CT molecular complexity index is 2580. The fraction of sp³-hybridized carbons (Fsp3) is 0.458. The summed E-state index contributed by atoms with van der Waals surface area (Å²) in [4.78, 5) is 93.2. The standard InChI is InChI=1S/C48H58F2N10O13/c1-30(2)59-29-53-58-44(59)36-7-4-8-39(54-36)56-45(64)32-27-37(34(50)28-33(32)49)55-41(62)12-11-40(61)52-14-16-69-18-20-71-22-24-73-26-25-72-23-21-70-19-17-68-15-13-51-35-6-3-5-31-43(35)48(67)60(47(31)66)38-9-10-42(63)57-46(38)65/h3-8,27-30,38,51H,9-26H2,1-2H3,(H,52,61)(H,55,62)(H,54,56,64)(H,57,63,65). The molecule has 4 aromatic rings. The molecule has 1 saturated heterocycles. The molecule has 7 amide bonds. The second-order valence-electron chi connectivity index (χ2n) is 16.5. The minimum Gasteiger partial charge on any atom is -0.382 e. The van der Waals surface area contributed by atoms with Crippen LogP contribution in [0.25, 0.3) is 11.5 Å². The van der Waals surface area contributed by atoms with Crippen LogP contribution in [-0.2, 0) is 47.6 Å². The van der Waals surface area contributed by atoms with Crippen LogP contribution < -0.4 is 26.6 Å². The first-order valence-corrected chi connectivity index (χ1v) is 23.6. The van der Waals surface area contributed by atoms with Crippen LogP contribution in [0.3, 0.4) is 0 Å². The fourth-order valence-corrected chi connectivity index (χ4v) is 7.35. The number of ether oxygens (including phenoxy) is 6. The number of imide groups is 2. The second kappa shape index (κ2) is 28.2. The van der Waals surface area contributed by atoms with Crippen molar-refractivity contribution in [1.82, 2.24) is 35.3 Å². The average molecular weight is 1020 g/mol. The summed E-state index contributed by atoms with van der Waals surface area (Å²) in [6, 6.07) is 9.98. The summed E-state index contributed by atoms with van der Waals surface area (Å²) in [6.45, 7) is 8.25. The van der Waals surface area contributed by atoms with Crippen LogP contribution in [0.4, 0.5) is 26.0 Å². The van der Waals surface area contributed by atoms with Gasteiger partial charge >= 0.3 is 0 Å². The number of carbonyl (C=O) groups excluding carboxylic acids is 7. The summed E-state index contributed by atoms with van der Waals surface area (Å²) in [5, 5.41) is 20.7. The summed E-state index contributed by atoms with van der Waals surface area (Å²) in [7, 11) is 0. The van der Waals surface area contributed by atoms with E-state index in [1.54, 1.807) is 35.2 Å². The third kappa shape index (κ3) is 16.2. The molecule has 0 radical (unpaired) electrons. The molecular weight excluding hydrogens is 963 g/mol. The van der Waals surface area contributed by atoms with Gasteiger partial charge < -0.3 is 54.3 Å². The van der Waals surface area contributed by atoms with E-state index in [9.17, 15) is 42.3 Å². The van der Waals surface area contributed by atoms with Crippen molar-refractivity contribution in [3.8, 4) is 11.5 Å². The van der Waals surface area contributed by atoms with Gasteiger partial charge in [0.1, 0.15) is 35.5 Å². The Morgan fingerprint density at radius 3 is 1.99 bits per heavy atom. The summed E-state index contributed by atoms with van der Waals surface area (Å²) in [5.74, 6) is -6.10. The Balaban J connectivity index is 0.712. The lowest BCUT2D eigenvalue weighted by molar-refractivity contribution is -0.136. The molecule has 0 saturated carbocycles. The van der Waals surface area contributed by atoms with Crippen molar-refractivity contribution in [3.63, 3.8) is 0 Å². The molecule has 6 rings (SSSR count). The number of carbonyl (C=O) groups is 7. The lowest BCUT2D eigenvalue weighted by Gasteiger charge is -2.27. The Hall–Kier alpha value is -7.16. The Kier molecular flexibility index (Phi) is 21.3. The maximum atomic E-state index is 14.7. The highest BCUT2D eigenvalue weighted by molar-refractivity contribution is 6.25. The van der Waals surface area contributed by atoms with Crippen molar-refractivity contribution >= 4 is 58.5 Å². The van der Waals surface area contributed by atoms with Gasteiger partial charge in [-0.15, -0.1) is 10.2 Å². The molecule has 5 N–H and O–H groups in total. The van der Waals surface area contributed by atoms with Gasteiger partial charge in [-0.2, -0.15) is 0 Å². The maximum Gasteiger partial charge on any atom is 0.264 e. The number of hydrogen-bond donors (Lipinski definition) is 5. The van der Waals surface area contributed by atoms with Crippen molar-refractivity contribution in [1.29, 1.82) is 0 Å². The van der Waals surface area contributed by atoms with Gasteiger partial charge in [0.25, 0.3) is 17.7 Å². The second-order valence-corrected chi connectivity index (χ2v) is 16.5. The molecular formula is C48H58F2N10O13. The smallest absolute Gasteiger partial charge is 0.264 e. The maximum absolute atomic E-state index is 14.7. The molecule has 0 aliphatic carbocycles. The van der Waals surface area contributed by atoms with Gasteiger partial charge in [0.15, 0.2) is 5.82 Å². The number of piperidine rings is 1. The van der Waals surface area contributed by atoms with Gasteiger partial charge in [-0.25, -0.2) is 13.8 Å². The van der Waals surface area contributed by atoms with E-state index in [2.05, 4.69) is 41.8 Å². The van der Waals surface area contributed by atoms with Gasteiger partial charge in [0.2, 0.25) is 23.6 Å². The predicted molar refractivity (Wildman–Crippen MR) is 255 cm³/mol. The van der Waals surface area contributed by atoms with Crippen molar-refractivity contribution in [2.75, 3.05) is 108 Å². The molecule has 0 spiro atoms. The molecule has 392 valence electrons. The molecule has 1 unspecified atom stereocenters. The third-order valence-electron chi connectivity index (χ3n) is 11.0. The highest BCUT2D eigenvalue weighted by Gasteiger charge is 2.45. The number of fused-ring (bicyclic) bond motifs is 1. The molecule has 1 fully saturated rings. The van der Waals surface area contributed by atoms with Gasteiger partial charge in [0, 0.05) is 50.1 Å². The van der Waals surface area contributed by atoms with E-state index in [0.29, 0.717) is 95.9 Å². The van der Waals surface area contributed by atoms with E-state index in [1.807, 2.05) is 13.8 Å². The van der Waals surface area contributed by atoms with Crippen molar-refractivity contribution < 1.29 is 70.8 Å².